The van der Waals surface area contributed by atoms with Crippen LogP contribution in [0.3, 0.4) is 0 Å². The van der Waals surface area contributed by atoms with Crippen molar-refractivity contribution in [2.45, 2.75) is 32.3 Å². The number of aromatic nitrogens is 2. The second-order valence-electron chi connectivity index (χ2n) is 8.92. The number of carbonyl (C=O) groups is 2. The maximum atomic E-state index is 13.5. The van der Waals surface area contributed by atoms with Crippen molar-refractivity contribution >= 4 is 29.5 Å². The van der Waals surface area contributed by atoms with E-state index in [9.17, 15) is 9.59 Å². The van der Waals surface area contributed by atoms with Gasteiger partial charge in [0, 0.05) is 37.6 Å². The Morgan fingerprint density at radius 1 is 0.973 bits per heavy atom. The van der Waals surface area contributed by atoms with Crippen LogP contribution in [0.1, 0.15) is 26.3 Å². The summed E-state index contributed by atoms with van der Waals surface area (Å²) < 4.78 is 0. The molecule has 8 nitrogen and oxygen atoms in total. The quantitative estimate of drug-likeness (QED) is 0.302. The molecule has 0 radical (unpaired) electrons. The Bertz CT molecular complexity index is 1290. The molecule has 1 aromatic carbocycles. The van der Waals surface area contributed by atoms with Crippen molar-refractivity contribution in [3.05, 3.63) is 89.2 Å². The predicted molar refractivity (Wildman–Crippen MR) is 146 cm³/mol. The fraction of sp³-hybridized carbons (Fsp3) is 0.250. The molecule has 37 heavy (non-hydrogen) atoms. The standard InChI is InChI=1S/C28H30N6O2S/c1-4-33-27(35)24(25(29)34(28(33)36)18-19(2)3)26(37-23-10-6-8-16-31-23)32-17-20-11-13-21(14-12-20)22-9-5-7-15-30-22/h5-16,19,29,32H,4,17-18H2,1-3H3/b26-24-,29-25?. The molecule has 3 aromatic rings. The van der Waals surface area contributed by atoms with Gasteiger partial charge >= 0.3 is 6.03 Å². The summed E-state index contributed by atoms with van der Waals surface area (Å²) >= 11 is 1.28. The van der Waals surface area contributed by atoms with E-state index < -0.39 is 11.9 Å². The van der Waals surface area contributed by atoms with Crippen LogP contribution in [0.4, 0.5) is 4.79 Å². The van der Waals surface area contributed by atoms with Gasteiger partial charge in [0.05, 0.1) is 10.7 Å². The first-order valence-corrected chi connectivity index (χ1v) is 13.0. The minimum absolute atomic E-state index is 0.0927. The normalized spacial score (nSPS) is 15.4. The van der Waals surface area contributed by atoms with E-state index in [1.807, 2.05) is 74.5 Å². The van der Waals surface area contributed by atoms with Crippen molar-refractivity contribution in [1.29, 1.82) is 5.41 Å². The number of hydrogen-bond acceptors (Lipinski definition) is 7. The van der Waals surface area contributed by atoms with Gasteiger partial charge in [0.2, 0.25) is 0 Å². The molecule has 0 atom stereocenters. The van der Waals surface area contributed by atoms with Gasteiger partial charge in [-0.1, -0.05) is 62.0 Å². The molecule has 190 valence electrons. The van der Waals surface area contributed by atoms with Crippen molar-refractivity contribution in [1.82, 2.24) is 25.1 Å². The van der Waals surface area contributed by atoms with Crippen LogP contribution in [-0.4, -0.2) is 50.6 Å². The highest BCUT2D eigenvalue weighted by atomic mass is 32.2. The van der Waals surface area contributed by atoms with Crippen LogP contribution in [-0.2, 0) is 11.3 Å². The Morgan fingerprint density at radius 2 is 1.68 bits per heavy atom. The number of nitrogens with one attached hydrogen (secondary N) is 2. The first-order valence-electron chi connectivity index (χ1n) is 12.2. The van der Waals surface area contributed by atoms with Gasteiger partial charge in [-0.2, -0.15) is 0 Å². The number of thioether (sulfide) groups is 1. The number of imide groups is 1. The highest BCUT2D eigenvalue weighted by molar-refractivity contribution is 8.03. The summed E-state index contributed by atoms with van der Waals surface area (Å²) in [6, 6.07) is 18.9. The highest BCUT2D eigenvalue weighted by Gasteiger charge is 2.41. The Labute approximate surface area is 221 Å². The molecule has 2 aromatic heterocycles. The second kappa shape index (κ2) is 11.8. The maximum absolute atomic E-state index is 13.5. The molecule has 3 amide bonds. The molecule has 1 saturated heterocycles. The van der Waals surface area contributed by atoms with Gasteiger partial charge in [-0.3, -0.25) is 25.0 Å². The molecular weight excluding hydrogens is 484 g/mol. The van der Waals surface area contributed by atoms with Gasteiger partial charge in [-0.25, -0.2) is 9.78 Å². The third-order valence-electron chi connectivity index (χ3n) is 5.73. The molecule has 0 saturated carbocycles. The average Bonchev–Trinajstić information content (AvgIpc) is 2.91. The van der Waals surface area contributed by atoms with E-state index in [-0.39, 0.29) is 23.9 Å². The molecular formula is C28H30N6O2S. The minimum Gasteiger partial charge on any atom is -0.375 e. The molecule has 0 unspecified atom stereocenters. The van der Waals surface area contributed by atoms with Crippen molar-refractivity contribution in [2.75, 3.05) is 13.1 Å². The van der Waals surface area contributed by atoms with Gasteiger partial charge in [0.15, 0.2) is 0 Å². The molecule has 1 aliphatic rings. The van der Waals surface area contributed by atoms with Crippen LogP contribution in [0.15, 0.2) is 88.7 Å². The van der Waals surface area contributed by atoms with Crippen LogP contribution in [0.25, 0.3) is 11.3 Å². The SMILES string of the molecule is CCN1C(=O)/C(=C(/NCc2ccc(-c3ccccn3)cc2)Sc2ccccn2)C(=N)N(CC(C)C)C1=O. The van der Waals surface area contributed by atoms with E-state index in [2.05, 4.69) is 15.3 Å². The number of amidine groups is 1. The molecule has 0 aliphatic carbocycles. The van der Waals surface area contributed by atoms with Crippen LogP contribution in [0.2, 0.25) is 0 Å². The monoisotopic (exact) mass is 514 g/mol. The predicted octanol–water partition coefficient (Wildman–Crippen LogP) is 5.15. The van der Waals surface area contributed by atoms with Gasteiger partial charge in [0.1, 0.15) is 16.4 Å². The summed E-state index contributed by atoms with van der Waals surface area (Å²) in [5, 5.41) is 13.4. The van der Waals surface area contributed by atoms with Gasteiger partial charge in [-0.15, -0.1) is 0 Å². The number of benzene rings is 1. The second-order valence-corrected chi connectivity index (χ2v) is 9.96. The molecule has 3 heterocycles. The third kappa shape index (κ3) is 6.06. The number of amides is 3. The lowest BCUT2D eigenvalue weighted by atomic mass is 10.1. The summed E-state index contributed by atoms with van der Waals surface area (Å²) in [6.07, 6.45) is 3.45. The smallest absolute Gasteiger partial charge is 0.332 e. The lowest BCUT2D eigenvalue weighted by Gasteiger charge is -2.36. The van der Waals surface area contributed by atoms with E-state index in [0.29, 0.717) is 23.1 Å². The number of pyridine rings is 2. The Balaban J connectivity index is 1.67. The van der Waals surface area contributed by atoms with E-state index in [0.717, 1.165) is 16.8 Å². The lowest BCUT2D eigenvalue weighted by Crippen LogP contribution is -2.57. The summed E-state index contributed by atoms with van der Waals surface area (Å²) in [4.78, 5) is 37.8. The first kappa shape index (κ1) is 26.1. The molecule has 1 fully saturated rings. The molecule has 1 aliphatic heterocycles. The number of rotatable bonds is 9. The van der Waals surface area contributed by atoms with Crippen LogP contribution in [0, 0.1) is 11.3 Å². The van der Waals surface area contributed by atoms with Crippen LogP contribution in [0.5, 0.6) is 0 Å². The fourth-order valence-electron chi connectivity index (χ4n) is 3.91. The summed E-state index contributed by atoms with van der Waals surface area (Å²) in [5.74, 6) is -0.436. The maximum Gasteiger partial charge on any atom is 0.332 e. The molecule has 9 heteroatoms. The zero-order valence-electron chi connectivity index (χ0n) is 21.1. The van der Waals surface area contributed by atoms with E-state index in [1.165, 1.54) is 21.6 Å². The largest absolute Gasteiger partial charge is 0.375 e. The van der Waals surface area contributed by atoms with Crippen molar-refractivity contribution < 1.29 is 9.59 Å². The third-order valence-corrected chi connectivity index (χ3v) is 6.73. The first-order chi connectivity index (χ1) is 17.9. The van der Waals surface area contributed by atoms with Gasteiger partial charge in [-0.05, 0) is 42.7 Å². The van der Waals surface area contributed by atoms with Gasteiger partial charge < -0.3 is 5.32 Å². The van der Waals surface area contributed by atoms with Crippen LogP contribution >= 0.6 is 11.8 Å². The zero-order chi connectivity index (χ0) is 26.4. The zero-order valence-corrected chi connectivity index (χ0v) is 22.0. The van der Waals surface area contributed by atoms with E-state index >= 15 is 0 Å². The minimum atomic E-state index is -0.478. The summed E-state index contributed by atoms with van der Waals surface area (Å²) in [7, 11) is 0. The molecule has 0 spiro atoms. The highest BCUT2D eigenvalue weighted by Crippen LogP contribution is 2.30. The summed E-state index contributed by atoms with van der Waals surface area (Å²) in [5.41, 5.74) is 3.07. The number of nitrogens with zero attached hydrogens (tertiary/aromatic N) is 4. The average molecular weight is 515 g/mol. The molecule has 2 N–H and O–H groups in total. The van der Waals surface area contributed by atoms with Crippen molar-refractivity contribution in [3.63, 3.8) is 0 Å². The molecule has 4 rings (SSSR count). The van der Waals surface area contributed by atoms with Crippen molar-refractivity contribution in [2.24, 2.45) is 5.92 Å². The Kier molecular flexibility index (Phi) is 8.35. The Hall–Kier alpha value is -3.98. The van der Waals surface area contributed by atoms with Crippen LogP contribution < -0.4 is 5.32 Å². The Morgan fingerprint density at radius 3 is 2.27 bits per heavy atom. The lowest BCUT2D eigenvalue weighted by molar-refractivity contribution is -0.124. The summed E-state index contributed by atoms with van der Waals surface area (Å²) in [6.45, 7) is 6.71. The fourth-order valence-corrected chi connectivity index (χ4v) is 4.81. The number of urea groups is 1. The number of carbonyl (C=O) groups excluding carboxylic acids is 2. The van der Waals surface area contributed by atoms with E-state index in [4.69, 9.17) is 5.41 Å². The number of hydrogen-bond donors (Lipinski definition) is 2. The number of likely N-dealkylation sites (N-methyl/N-ethyl adjacent to an activating group) is 1. The van der Waals surface area contributed by atoms with Gasteiger partial charge in [0.25, 0.3) is 5.91 Å². The molecule has 0 bridgehead atoms. The van der Waals surface area contributed by atoms with E-state index in [1.54, 1.807) is 19.3 Å². The van der Waals surface area contributed by atoms with Crippen molar-refractivity contribution in [3.8, 4) is 11.3 Å². The topological polar surface area (TPSA) is 102 Å².